The normalized spacial score (nSPS) is 16.1. The van der Waals surface area contributed by atoms with Crippen LogP contribution in [0.25, 0.3) is 22.4 Å². The Morgan fingerprint density at radius 3 is 2.56 bits per heavy atom. The van der Waals surface area contributed by atoms with Crippen LogP contribution in [0.3, 0.4) is 0 Å². The fourth-order valence-corrected chi connectivity index (χ4v) is 5.46. The van der Waals surface area contributed by atoms with E-state index in [-0.39, 0.29) is 17.1 Å². The van der Waals surface area contributed by atoms with Crippen molar-refractivity contribution in [3.63, 3.8) is 0 Å². The van der Waals surface area contributed by atoms with Gasteiger partial charge in [-0.1, -0.05) is 6.07 Å². The summed E-state index contributed by atoms with van der Waals surface area (Å²) in [6.07, 6.45) is 9.12. The molecule has 0 aliphatic carbocycles. The van der Waals surface area contributed by atoms with Crippen molar-refractivity contribution < 1.29 is 4.79 Å². The summed E-state index contributed by atoms with van der Waals surface area (Å²) in [5, 5.41) is 0. The fraction of sp³-hybridized carbons (Fsp3) is 0.423. The van der Waals surface area contributed by atoms with E-state index in [1.807, 2.05) is 18.4 Å². The number of fused-ring (bicyclic) bond motifs is 1. The molecule has 1 aliphatic heterocycles. The van der Waals surface area contributed by atoms with Gasteiger partial charge in [-0.3, -0.25) is 23.6 Å². The molecule has 12 nitrogen and oxygen atoms in total. The van der Waals surface area contributed by atoms with Crippen molar-refractivity contribution >= 4 is 40.6 Å². The van der Waals surface area contributed by atoms with Crippen molar-refractivity contribution in [2.24, 2.45) is 14.1 Å². The number of aryl methyl sites for hydroxylation is 1. The summed E-state index contributed by atoms with van der Waals surface area (Å²) in [6, 6.07) is 5.13. The molecule has 0 saturated carbocycles. The van der Waals surface area contributed by atoms with Crippen LogP contribution < -0.4 is 21.0 Å². The summed E-state index contributed by atoms with van der Waals surface area (Å²) < 4.78 is 3.83. The van der Waals surface area contributed by atoms with Gasteiger partial charge in [0.1, 0.15) is 11.9 Å². The lowest BCUT2D eigenvalue weighted by molar-refractivity contribution is -0.121. The molecule has 4 aromatic heterocycles. The largest absolute Gasteiger partial charge is 0.338 e. The summed E-state index contributed by atoms with van der Waals surface area (Å²) in [7, 11) is 2.96. The van der Waals surface area contributed by atoms with Crippen LogP contribution in [0.2, 0.25) is 0 Å². The molecule has 0 unspecified atom stereocenters. The molecule has 13 heteroatoms. The van der Waals surface area contributed by atoms with Gasteiger partial charge in [-0.15, -0.1) is 11.8 Å². The van der Waals surface area contributed by atoms with Crippen LogP contribution in [0.5, 0.6) is 0 Å². The maximum atomic E-state index is 13.8. The van der Waals surface area contributed by atoms with Gasteiger partial charge < -0.3 is 9.47 Å². The number of amides is 1. The van der Waals surface area contributed by atoms with Gasteiger partial charge in [0, 0.05) is 44.6 Å². The predicted octanol–water partition coefficient (Wildman–Crippen LogP) is 2.19. The SMILES string of the molecule is CSCN(C(=O)[C@H](C)n1cnc2c1c(=O)n(C)c(=O)n2C)c1cccc(-c2cnc(N3CCC[C@H]3C)nc2)n1. The molecule has 0 radical (unpaired) electrons. The average Bonchev–Trinajstić information content (AvgIpc) is 3.60. The average molecular weight is 550 g/mol. The standard InChI is InChI=1S/C26H31N9O3S/c1-16-8-7-11-33(16)25-27-12-18(13-28-25)19-9-6-10-20(30-19)35(15-39-5)23(36)17(2)34-14-29-22-21(34)24(37)32(4)26(38)31(22)3/h6,9-10,12-14,16-17H,7-8,11,15H2,1-5H3/t16-,17+/m1/s1. The van der Waals surface area contributed by atoms with E-state index in [1.54, 1.807) is 37.3 Å². The third-order valence-electron chi connectivity index (χ3n) is 7.23. The van der Waals surface area contributed by atoms with Gasteiger partial charge >= 0.3 is 5.69 Å². The van der Waals surface area contributed by atoms with E-state index >= 15 is 0 Å². The highest BCUT2D eigenvalue weighted by Crippen LogP contribution is 2.26. The van der Waals surface area contributed by atoms with Crippen molar-refractivity contribution in [1.82, 2.24) is 33.6 Å². The topological polar surface area (TPSA) is 124 Å². The zero-order valence-corrected chi connectivity index (χ0v) is 23.4. The number of carbonyl (C=O) groups excluding carboxylic acids is 1. The van der Waals surface area contributed by atoms with Crippen molar-refractivity contribution in [3.05, 3.63) is 57.8 Å². The molecule has 1 saturated heterocycles. The minimum atomic E-state index is -0.775. The van der Waals surface area contributed by atoms with E-state index in [1.165, 1.54) is 34.3 Å². The predicted molar refractivity (Wildman–Crippen MR) is 152 cm³/mol. The van der Waals surface area contributed by atoms with Gasteiger partial charge in [0.25, 0.3) is 11.5 Å². The van der Waals surface area contributed by atoms with E-state index in [2.05, 4.69) is 26.8 Å². The highest BCUT2D eigenvalue weighted by Gasteiger charge is 2.28. The quantitative estimate of drug-likeness (QED) is 0.319. The van der Waals surface area contributed by atoms with Gasteiger partial charge in [-0.05, 0) is 45.1 Å². The van der Waals surface area contributed by atoms with E-state index in [4.69, 9.17) is 4.98 Å². The second-order valence-corrected chi connectivity index (χ2v) is 10.6. The third kappa shape index (κ3) is 4.71. The lowest BCUT2D eigenvalue weighted by Crippen LogP contribution is -2.40. The number of nitrogens with zero attached hydrogens (tertiary/aromatic N) is 9. The first kappa shape index (κ1) is 26.6. The fourth-order valence-electron chi connectivity index (χ4n) is 4.94. The number of imidazole rings is 1. The lowest BCUT2D eigenvalue weighted by Gasteiger charge is -2.25. The highest BCUT2D eigenvalue weighted by molar-refractivity contribution is 7.98. The van der Waals surface area contributed by atoms with Crippen molar-refractivity contribution in [2.45, 2.75) is 38.8 Å². The molecule has 1 aliphatic rings. The van der Waals surface area contributed by atoms with Gasteiger partial charge in [0.05, 0.1) is 17.9 Å². The first-order valence-corrected chi connectivity index (χ1v) is 14.1. The molecule has 5 rings (SSSR count). The van der Waals surface area contributed by atoms with Crippen LogP contribution in [0.4, 0.5) is 11.8 Å². The van der Waals surface area contributed by atoms with E-state index < -0.39 is 17.3 Å². The second kappa shape index (κ2) is 10.6. The number of rotatable bonds is 7. The third-order valence-corrected chi connectivity index (χ3v) is 7.74. The monoisotopic (exact) mass is 549 g/mol. The molecule has 1 amide bonds. The Morgan fingerprint density at radius 2 is 1.90 bits per heavy atom. The maximum absolute atomic E-state index is 13.8. The van der Waals surface area contributed by atoms with E-state index in [9.17, 15) is 14.4 Å². The van der Waals surface area contributed by atoms with E-state index in [0.717, 1.165) is 29.5 Å². The number of thioether (sulfide) groups is 1. The van der Waals surface area contributed by atoms with Crippen LogP contribution >= 0.6 is 11.8 Å². The number of anilines is 2. The summed E-state index contributed by atoms with van der Waals surface area (Å²) in [5.74, 6) is 1.27. The summed E-state index contributed by atoms with van der Waals surface area (Å²) in [5.41, 5.74) is 0.836. The molecule has 5 heterocycles. The number of pyridine rings is 1. The number of hydrogen-bond donors (Lipinski definition) is 0. The first-order chi connectivity index (χ1) is 18.7. The molecule has 1 fully saturated rings. The van der Waals surface area contributed by atoms with Crippen molar-refractivity contribution in [3.8, 4) is 11.3 Å². The second-order valence-electron chi connectivity index (χ2n) is 9.73. The number of aromatic nitrogens is 7. The Labute approximate surface area is 229 Å². The molecule has 0 N–H and O–H groups in total. The van der Waals surface area contributed by atoms with Crippen LogP contribution in [0.15, 0.2) is 46.5 Å². The molecule has 0 aromatic carbocycles. The molecule has 4 aromatic rings. The summed E-state index contributed by atoms with van der Waals surface area (Å²) in [4.78, 5) is 61.0. The first-order valence-electron chi connectivity index (χ1n) is 12.7. The molecule has 0 bridgehead atoms. The zero-order valence-electron chi connectivity index (χ0n) is 22.6. The van der Waals surface area contributed by atoms with Crippen LogP contribution in [0.1, 0.15) is 32.7 Å². The number of carbonyl (C=O) groups is 1. The zero-order chi connectivity index (χ0) is 27.8. The van der Waals surface area contributed by atoms with Gasteiger partial charge in [-0.2, -0.15) is 0 Å². The van der Waals surface area contributed by atoms with E-state index in [0.29, 0.717) is 29.4 Å². The molecule has 0 spiro atoms. The number of hydrogen-bond acceptors (Lipinski definition) is 9. The van der Waals surface area contributed by atoms with Gasteiger partial charge in [0.15, 0.2) is 11.2 Å². The molecular weight excluding hydrogens is 518 g/mol. The maximum Gasteiger partial charge on any atom is 0.332 e. The molecule has 204 valence electrons. The minimum absolute atomic E-state index is 0.191. The van der Waals surface area contributed by atoms with Gasteiger partial charge in [-0.25, -0.2) is 24.7 Å². The lowest BCUT2D eigenvalue weighted by atomic mass is 10.2. The highest BCUT2D eigenvalue weighted by atomic mass is 32.2. The molecule has 2 atom stereocenters. The summed E-state index contributed by atoms with van der Waals surface area (Å²) >= 11 is 1.48. The van der Waals surface area contributed by atoms with Crippen molar-refractivity contribution in [2.75, 3.05) is 28.5 Å². The Balaban J connectivity index is 1.46. The Bertz CT molecular complexity index is 1640. The van der Waals surface area contributed by atoms with Gasteiger partial charge in [0.2, 0.25) is 5.95 Å². The van der Waals surface area contributed by atoms with Crippen molar-refractivity contribution in [1.29, 1.82) is 0 Å². The smallest absolute Gasteiger partial charge is 0.332 e. The Hall–Kier alpha value is -4.00. The molecule has 39 heavy (non-hydrogen) atoms. The summed E-state index contributed by atoms with van der Waals surface area (Å²) in [6.45, 7) is 4.84. The van der Waals surface area contributed by atoms with Crippen LogP contribution in [-0.2, 0) is 18.9 Å². The van der Waals surface area contributed by atoms with Crippen LogP contribution in [-0.4, -0.2) is 64.3 Å². The Morgan fingerprint density at radius 1 is 1.15 bits per heavy atom. The Kier molecular flexibility index (Phi) is 7.25. The van der Waals surface area contributed by atoms with Crippen LogP contribution in [0, 0.1) is 0 Å². The molecular formula is C26H31N9O3S. The minimum Gasteiger partial charge on any atom is -0.338 e.